The largest absolute Gasteiger partial charge is 0.493 e. The maximum absolute atomic E-state index is 12.3. The highest BCUT2D eigenvalue weighted by atomic mass is 32.2. The van der Waals surface area contributed by atoms with Crippen molar-refractivity contribution >= 4 is 29.3 Å². The molecule has 0 aliphatic rings. The number of pyridine rings is 2. The molecule has 2 heterocycles. The summed E-state index contributed by atoms with van der Waals surface area (Å²) in [5.41, 5.74) is 8.06. The van der Waals surface area contributed by atoms with Crippen LogP contribution in [0.1, 0.15) is 23.1 Å². The van der Waals surface area contributed by atoms with Crippen molar-refractivity contribution in [1.29, 1.82) is 10.5 Å². The number of ether oxygens (including phenoxy) is 3. The fourth-order valence-electron chi connectivity index (χ4n) is 3.40. The molecule has 0 spiro atoms. The summed E-state index contributed by atoms with van der Waals surface area (Å²) in [5, 5.41) is 22.9. The van der Waals surface area contributed by atoms with Gasteiger partial charge in [-0.1, -0.05) is 6.07 Å². The van der Waals surface area contributed by atoms with Crippen LogP contribution < -0.4 is 25.3 Å². The molecule has 1 amide bonds. The lowest BCUT2D eigenvalue weighted by molar-refractivity contribution is -0.115. The van der Waals surface area contributed by atoms with Gasteiger partial charge in [0.15, 0.2) is 11.5 Å². The van der Waals surface area contributed by atoms with Gasteiger partial charge in [-0.15, -0.1) is 11.8 Å². The number of nitrogens with zero attached hydrogens (tertiary/aromatic N) is 4. The SMILES string of the molecule is COc1cc(-c2c(C#N)c(N)nc(SCCC(=O)Nc3ccc(C)cn3)c2C#N)cc(OC)c1OC. The summed E-state index contributed by atoms with van der Waals surface area (Å²) in [6.45, 7) is 1.91. The average molecular weight is 505 g/mol. The van der Waals surface area contributed by atoms with Gasteiger partial charge in [-0.2, -0.15) is 10.5 Å². The standard InChI is InChI=1S/C25H24N6O4S/c1-14-5-6-20(29-13-14)30-21(32)7-8-36-25-17(12-27)22(16(11-26)24(28)31-25)15-9-18(33-2)23(35-4)19(10-15)34-3/h5-6,9-10,13H,7-8H2,1-4H3,(H2,28,31)(H,29,30,32). The molecule has 0 saturated heterocycles. The second kappa shape index (κ2) is 11.8. The number of benzene rings is 1. The fourth-order valence-corrected chi connectivity index (χ4v) is 4.34. The highest BCUT2D eigenvalue weighted by molar-refractivity contribution is 7.99. The number of carbonyl (C=O) groups is 1. The van der Waals surface area contributed by atoms with E-state index in [1.165, 1.54) is 33.1 Å². The van der Waals surface area contributed by atoms with E-state index in [2.05, 4.69) is 21.4 Å². The molecule has 184 valence electrons. The van der Waals surface area contributed by atoms with Crippen LogP contribution in [0.4, 0.5) is 11.6 Å². The summed E-state index contributed by atoms with van der Waals surface area (Å²) < 4.78 is 16.2. The van der Waals surface area contributed by atoms with Crippen molar-refractivity contribution in [2.45, 2.75) is 18.4 Å². The number of aryl methyl sites for hydroxylation is 1. The number of anilines is 2. The lowest BCUT2D eigenvalue weighted by Gasteiger charge is -2.17. The van der Waals surface area contributed by atoms with Crippen LogP contribution in [0.25, 0.3) is 11.1 Å². The van der Waals surface area contributed by atoms with E-state index in [0.717, 1.165) is 5.56 Å². The third-order valence-corrected chi connectivity index (χ3v) is 6.09. The van der Waals surface area contributed by atoms with Gasteiger partial charge in [0.25, 0.3) is 0 Å². The first-order chi connectivity index (χ1) is 17.4. The van der Waals surface area contributed by atoms with E-state index >= 15 is 0 Å². The molecule has 0 bridgehead atoms. The molecule has 3 aromatic rings. The molecule has 11 heteroatoms. The Balaban J connectivity index is 1.94. The quantitative estimate of drug-likeness (QED) is 0.409. The van der Waals surface area contributed by atoms with Gasteiger partial charge >= 0.3 is 0 Å². The second-order valence-corrected chi connectivity index (χ2v) is 8.52. The van der Waals surface area contributed by atoms with Gasteiger partial charge in [0.05, 0.1) is 26.9 Å². The first-order valence-corrected chi connectivity index (χ1v) is 11.6. The minimum atomic E-state index is -0.233. The second-order valence-electron chi connectivity index (χ2n) is 7.43. The Bertz CT molecular complexity index is 1340. The molecule has 0 unspecified atom stereocenters. The lowest BCUT2D eigenvalue weighted by Crippen LogP contribution is -2.13. The summed E-state index contributed by atoms with van der Waals surface area (Å²) in [6, 6.07) is 11.0. The molecule has 10 nitrogen and oxygen atoms in total. The molecular weight excluding hydrogens is 480 g/mol. The average Bonchev–Trinajstić information content (AvgIpc) is 2.88. The first-order valence-electron chi connectivity index (χ1n) is 10.7. The maximum Gasteiger partial charge on any atom is 0.226 e. The van der Waals surface area contributed by atoms with E-state index in [4.69, 9.17) is 19.9 Å². The number of hydrogen-bond donors (Lipinski definition) is 2. The summed E-state index contributed by atoms with van der Waals surface area (Å²) in [5.74, 6) is 1.58. The minimum absolute atomic E-state index is 0.0314. The zero-order valence-corrected chi connectivity index (χ0v) is 21.0. The lowest BCUT2D eigenvalue weighted by atomic mass is 9.96. The molecule has 0 aliphatic carbocycles. The number of amides is 1. The molecule has 0 fully saturated rings. The van der Waals surface area contributed by atoms with Gasteiger partial charge in [-0.25, -0.2) is 9.97 Å². The van der Waals surface area contributed by atoms with Crippen LogP contribution in [-0.4, -0.2) is 43.0 Å². The number of carbonyl (C=O) groups excluding carboxylic acids is 1. The number of nitrogen functional groups attached to an aromatic ring is 1. The number of methoxy groups -OCH3 is 3. The van der Waals surface area contributed by atoms with Crippen LogP contribution in [0.15, 0.2) is 35.5 Å². The topological polar surface area (TPSA) is 156 Å². The molecule has 2 aromatic heterocycles. The van der Waals surface area contributed by atoms with Crippen LogP contribution in [0.2, 0.25) is 0 Å². The summed E-state index contributed by atoms with van der Waals surface area (Å²) in [4.78, 5) is 20.8. The van der Waals surface area contributed by atoms with Crippen molar-refractivity contribution in [2.24, 2.45) is 0 Å². The van der Waals surface area contributed by atoms with Gasteiger partial charge in [-0.05, 0) is 36.2 Å². The van der Waals surface area contributed by atoms with E-state index < -0.39 is 0 Å². The molecule has 0 saturated carbocycles. The van der Waals surface area contributed by atoms with Crippen molar-refractivity contribution in [3.63, 3.8) is 0 Å². The van der Waals surface area contributed by atoms with Crippen molar-refractivity contribution in [3.05, 3.63) is 47.2 Å². The van der Waals surface area contributed by atoms with Crippen LogP contribution in [0, 0.1) is 29.6 Å². The van der Waals surface area contributed by atoms with Crippen molar-refractivity contribution in [2.75, 3.05) is 38.1 Å². The van der Waals surface area contributed by atoms with E-state index in [1.54, 1.807) is 24.4 Å². The zero-order chi connectivity index (χ0) is 26.2. The Hall–Kier alpha value is -4.48. The normalized spacial score (nSPS) is 10.2. The third kappa shape index (κ3) is 5.59. The highest BCUT2D eigenvalue weighted by Gasteiger charge is 2.23. The molecule has 1 aromatic carbocycles. The van der Waals surface area contributed by atoms with E-state index in [0.29, 0.717) is 45.0 Å². The van der Waals surface area contributed by atoms with Crippen molar-refractivity contribution in [1.82, 2.24) is 9.97 Å². The van der Waals surface area contributed by atoms with E-state index in [9.17, 15) is 15.3 Å². The Kier molecular flexibility index (Phi) is 8.55. The van der Waals surface area contributed by atoms with Gasteiger partial charge < -0.3 is 25.3 Å². The van der Waals surface area contributed by atoms with Crippen molar-refractivity contribution < 1.29 is 19.0 Å². The number of nitrogens with one attached hydrogen (secondary N) is 1. The van der Waals surface area contributed by atoms with Crippen molar-refractivity contribution in [3.8, 4) is 40.5 Å². The molecule has 0 aliphatic heterocycles. The van der Waals surface area contributed by atoms with Crippen LogP contribution >= 0.6 is 11.8 Å². The van der Waals surface area contributed by atoms with Gasteiger partial charge in [-0.3, -0.25) is 4.79 Å². The molecule has 36 heavy (non-hydrogen) atoms. The molecular formula is C25H24N6O4S. The Morgan fingerprint density at radius 1 is 1.08 bits per heavy atom. The number of hydrogen-bond acceptors (Lipinski definition) is 10. The number of rotatable bonds is 9. The number of aromatic nitrogens is 2. The monoisotopic (exact) mass is 504 g/mol. The number of nitrogens with two attached hydrogens (primary N) is 1. The fraction of sp³-hybridized carbons (Fsp3) is 0.240. The van der Waals surface area contributed by atoms with E-state index in [1.807, 2.05) is 19.1 Å². The molecule has 3 rings (SSSR count). The van der Waals surface area contributed by atoms with Gasteiger partial charge in [0.1, 0.15) is 34.4 Å². The molecule has 0 radical (unpaired) electrons. The Morgan fingerprint density at radius 2 is 1.75 bits per heavy atom. The molecule has 0 atom stereocenters. The Morgan fingerprint density at radius 3 is 2.28 bits per heavy atom. The van der Waals surface area contributed by atoms with Crippen LogP contribution in [0.3, 0.4) is 0 Å². The third-order valence-electron chi connectivity index (χ3n) is 5.12. The summed E-state index contributed by atoms with van der Waals surface area (Å²) in [7, 11) is 4.42. The van der Waals surface area contributed by atoms with Crippen LogP contribution in [0.5, 0.6) is 17.2 Å². The number of thioether (sulfide) groups is 1. The van der Waals surface area contributed by atoms with Gasteiger partial charge in [0.2, 0.25) is 11.7 Å². The number of nitriles is 2. The van der Waals surface area contributed by atoms with E-state index in [-0.39, 0.29) is 29.3 Å². The minimum Gasteiger partial charge on any atom is -0.493 e. The molecule has 3 N–H and O–H groups in total. The summed E-state index contributed by atoms with van der Waals surface area (Å²) >= 11 is 1.19. The maximum atomic E-state index is 12.3. The first kappa shape index (κ1) is 26.1. The smallest absolute Gasteiger partial charge is 0.226 e. The Labute approximate surface area is 213 Å². The zero-order valence-electron chi connectivity index (χ0n) is 20.2. The van der Waals surface area contributed by atoms with Gasteiger partial charge in [0, 0.05) is 23.9 Å². The highest BCUT2D eigenvalue weighted by Crippen LogP contribution is 2.44. The van der Waals surface area contributed by atoms with Crippen LogP contribution in [-0.2, 0) is 4.79 Å². The summed E-state index contributed by atoms with van der Waals surface area (Å²) in [6.07, 6.45) is 1.81. The predicted molar refractivity (Wildman–Crippen MR) is 136 cm³/mol. The predicted octanol–water partition coefficient (Wildman–Crippen LogP) is 3.92.